The van der Waals surface area contributed by atoms with Crippen molar-refractivity contribution in [2.24, 2.45) is 0 Å². The zero-order valence-corrected chi connectivity index (χ0v) is 16.2. The molecule has 0 fully saturated rings. The van der Waals surface area contributed by atoms with Crippen molar-refractivity contribution in [2.75, 3.05) is 23.7 Å². The first-order valence-electron chi connectivity index (χ1n) is 8.99. The summed E-state index contributed by atoms with van der Waals surface area (Å²) >= 11 is 1.44. The number of anilines is 2. The molecule has 0 saturated heterocycles. The van der Waals surface area contributed by atoms with Crippen molar-refractivity contribution in [2.45, 2.75) is 19.9 Å². The quantitative estimate of drug-likeness (QED) is 0.691. The summed E-state index contributed by atoms with van der Waals surface area (Å²) in [6.07, 6.45) is 2.21. The molecular formula is C20H20N4O3S. The first-order chi connectivity index (χ1) is 13.6. The van der Waals surface area contributed by atoms with E-state index in [1.165, 1.54) is 17.6 Å². The summed E-state index contributed by atoms with van der Waals surface area (Å²) in [5.74, 6) is -0.101. The van der Waals surface area contributed by atoms with Gasteiger partial charge in [-0.05, 0) is 31.2 Å². The SMILES string of the molecule is Cc1ccc(NC(=O)CN2CCc3nc(NC(=O)c4ccco4)sc3C2)cc1. The molecule has 0 unspecified atom stereocenters. The van der Waals surface area contributed by atoms with E-state index in [9.17, 15) is 9.59 Å². The highest BCUT2D eigenvalue weighted by Crippen LogP contribution is 2.28. The van der Waals surface area contributed by atoms with Gasteiger partial charge in [0, 0.05) is 30.1 Å². The Morgan fingerprint density at radius 1 is 1.21 bits per heavy atom. The van der Waals surface area contributed by atoms with E-state index in [0.717, 1.165) is 34.8 Å². The van der Waals surface area contributed by atoms with E-state index < -0.39 is 0 Å². The molecule has 0 aliphatic carbocycles. The van der Waals surface area contributed by atoms with Gasteiger partial charge in [-0.1, -0.05) is 17.7 Å². The van der Waals surface area contributed by atoms with Crippen LogP contribution in [-0.4, -0.2) is 34.8 Å². The summed E-state index contributed by atoms with van der Waals surface area (Å²) < 4.78 is 5.10. The van der Waals surface area contributed by atoms with E-state index in [2.05, 4.69) is 20.5 Å². The molecule has 3 heterocycles. The summed E-state index contributed by atoms with van der Waals surface area (Å²) in [6.45, 7) is 3.73. The molecule has 8 heteroatoms. The third-order valence-corrected chi connectivity index (χ3v) is 5.48. The molecule has 0 saturated carbocycles. The highest BCUT2D eigenvalue weighted by Gasteiger charge is 2.23. The molecular weight excluding hydrogens is 376 g/mol. The number of aromatic nitrogens is 1. The molecule has 0 bridgehead atoms. The molecule has 0 spiro atoms. The molecule has 2 aromatic heterocycles. The van der Waals surface area contributed by atoms with E-state index >= 15 is 0 Å². The van der Waals surface area contributed by atoms with E-state index in [0.29, 0.717) is 18.2 Å². The summed E-state index contributed by atoms with van der Waals surface area (Å²) in [5.41, 5.74) is 2.94. The lowest BCUT2D eigenvalue weighted by atomic mass is 10.2. The summed E-state index contributed by atoms with van der Waals surface area (Å²) in [7, 11) is 0. The minimum Gasteiger partial charge on any atom is -0.459 e. The first kappa shape index (κ1) is 18.4. The average molecular weight is 396 g/mol. The molecule has 0 radical (unpaired) electrons. The Hall–Kier alpha value is -2.97. The first-order valence-corrected chi connectivity index (χ1v) is 9.81. The van der Waals surface area contributed by atoms with Crippen LogP contribution in [0.4, 0.5) is 10.8 Å². The second-order valence-corrected chi connectivity index (χ2v) is 7.78. The number of fused-ring (bicyclic) bond motifs is 1. The molecule has 2 N–H and O–H groups in total. The van der Waals surface area contributed by atoms with Gasteiger partial charge in [0.05, 0.1) is 18.5 Å². The lowest BCUT2D eigenvalue weighted by molar-refractivity contribution is -0.117. The van der Waals surface area contributed by atoms with Crippen molar-refractivity contribution in [3.63, 3.8) is 0 Å². The number of amides is 2. The van der Waals surface area contributed by atoms with Crippen molar-refractivity contribution in [1.82, 2.24) is 9.88 Å². The highest BCUT2D eigenvalue weighted by atomic mass is 32.1. The lowest BCUT2D eigenvalue weighted by Gasteiger charge is -2.25. The molecule has 2 amide bonds. The summed E-state index contributed by atoms with van der Waals surface area (Å²) in [6, 6.07) is 11.0. The topological polar surface area (TPSA) is 87.5 Å². The van der Waals surface area contributed by atoms with Crippen LogP contribution in [-0.2, 0) is 17.8 Å². The zero-order valence-electron chi connectivity index (χ0n) is 15.4. The fraction of sp³-hybridized carbons (Fsp3) is 0.250. The maximum Gasteiger partial charge on any atom is 0.293 e. The largest absolute Gasteiger partial charge is 0.459 e. The van der Waals surface area contributed by atoms with Crippen molar-refractivity contribution in [3.05, 3.63) is 64.6 Å². The Bertz CT molecular complexity index is 980. The predicted molar refractivity (Wildman–Crippen MR) is 108 cm³/mol. The van der Waals surface area contributed by atoms with Crippen LogP contribution >= 0.6 is 11.3 Å². The van der Waals surface area contributed by atoms with Crippen LogP contribution < -0.4 is 10.6 Å². The van der Waals surface area contributed by atoms with Gasteiger partial charge in [0.2, 0.25) is 5.91 Å². The molecule has 1 aliphatic heterocycles. The smallest absolute Gasteiger partial charge is 0.293 e. The van der Waals surface area contributed by atoms with Gasteiger partial charge in [-0.3, -0.25) is 19.8 Å². The van der Waals surface area contributed by atoms with Gasteiger partial charge in [0.25, 0.3) is 5.91 Å². The lowest BCUT2D eigenvalue weighted by Crippen LogP contribution is -2.36. The molecule has 1 aromatic carbocycles. The minimum absolute atomic E-state index is 0.0387. The zero-order chi connectivity index (χ0) is 19.5. The highest BCUT2D eigenvalue weighted by molar-refractivity contribution is 7.15. The van der Waals surface area contributed by atoms with Crippen LogP contribution in [0.15, 0.2) is 47.1 Å². The average Bonchev–Trinajstić information content (AvgIpc) is 3.32. The summed E-state index contributed by atoms with van der Waals surface area (Å²) in [4.78, 5) is 32.1. The van der Waals surface area contributed by atoms with Crippen molar-refractivity contribution < 1.29 is 14.0 Å². The number of nitrogens with zero attached hydrogens (tertiary/aromatic N) is 2. The van der Waals surface area contributed by atoms with Gasteiger partial charge in [0.1, 0.15) is 0 Å². The Kier molecular flexibility index (Phi) is 5.23. The number of rotatable bonds is 5. The maximum atomic E-state index is 12.3. The Balaban J connectivity index is 1.34. The minimum atomic E-state index is -0.314. The van der Waals surface area contributed by atoms with Crippen LogP contribution in [0.1, 0.15) is 26.7 Å². The van der Waals surface area contributed by atoms with Crippen molar-refractivity contribution in [1.29, 1.82) is 0 Å². The number of carbonyl (C=O) groups is 2. The molecule has 4 rings (SSSR count). The monoisotopic (exact) mass is 396 g/mol. The van der Waals surface area contributed by atoms with Crippen molar-refractivity contribution >= 4 is 34.0 Å². The van der Waals surface area contributed by atoms with Gasteiger partial charge in [-0.2, -0.15) is 0 Å². The molecule has 28 heavy (non-hydrogen) atoms. The third-order valence-electron chi connectivity index (χ3n) is 4.48. The second-order valence-electron chi connectivity index (χ2n) is 6.70. The van der Waals surface area contributed by atoms with Crippen molar-refractivity contribution in [3.8, 4) is 0 Å². The van der Waals surface area contributed by atoms with E-state index in [1.807, 2.05) is 31.2 Å². The molecule has 3 aromatic rings. The van der Waals surface area contributed by atoms with Gasteiger partial charge in [0.15, 0.2) is 10.9 Å². The molecule has 7 nitrogen and oxygen atoms in total. The van der Waals surface area contributed by atoms with E-state index in [-0.39, 0.29) is 17.6 Å². The van der Waals surface area contributed by atoms with Gasteiger partial charge >= 0.3 is 0 Å². The van der Waals surface area contributed by atoms with E-state index in [4.69, 9.17) is 4.42 Å². The Labute approximate surface area is 166 Å². The fourth-order valence-electron chi connectivity index (χ4n) is 3.04. The van der Waals surface area contributed by atoms with Crippen LogP contribution in [0.25, 0.3) is 0 Å². The van der Waals surface area contributed by atoms with Gasteiger partial charge < -0.3 is 9.73 Å². The molecule has 0 atom stereocenters. The second kappa shape index (κ2) is 7.95. The van der Waals surface area contributed by atoms with Crippen LogP contribution in [0.5, 0.6) is 0 Å². The van der Waals surface area contributed by atoms with Crippen LogP contribution in [0.2, 0.25) is 0 Å². The number of hydrogen-bond acceptors (Lipinski definition) is 6. The van der Waals surface area contributed by atoms with Gasteiger partial charge in [-0.25, -0.2) is 4.98 Å². The number of carbonyl (C=O) groups excluding carboxylic acids is 2. The number of hydrogen-bond donors (Lipinski definition) is 2. The standard InChI is InChI=1S/C20H20N4O3S/c1-13-4-6-14(7-5-13)21-18(25)12-24-9-8-15-17(11-24)28-20(22-15)23-19(26)16-3-2-10-27-16/h2-7,10H,8-9,11-12H2,1H3,(H,21,25)(H,22,23,26). The van der Waals surface area contributed by atoms with Gasteiger partial charge in [-0.15, -0.1) is 11.3 Å². The number of aryl methyl sites for hydroxylation is 1. The number of benzene rings is 1. The number of thiazole rings is 1. The Morgan fingerprint density at radius 3 is 2.79 bits per heavy atom. The Morgan fingerprint density at radius 2 is 2.04 bits per heavy atom. The van der Waals surface area contributed by atoms with Crippen LogP contribution in [0.3, 0.4) is 0 Å². The molecule has 1 aliphatic rings. The van der Waals surface area contributed by atoms with Crippen LogP contribution in [0, 0.1) is 6.92 Å². The number of furan rings is 1. The predicted octanol–water partition coefficient (Wildman–Crippen LogP) is 3.29. The fourth-order valence-corrected chi connectivity index (χ4v) is 4.09. The normalized spacial score (nSPS) is 13.8. The third kappa shape index (κ3) is 4.29. The number of nitrogens with one attached hydrogen (secondary N) is 2. The molecule has 144 valence electrons. The maximum absolute atomic E-state index is 12.3. The summed E-state index contributed by atoms with van der Waals surface area (Å²) in [5, 5.41) is 6.25. The van der Waals surface area contributed by atoms with E-state index in [1.54, 1.807) is 12.1 Å².